The molecule has 0 bridgehead atoms. The predicted molar refractivity (Wildman–Crippen MR) is 197 cm³/mol. The summed E-state index contributed by atoms with van der Waals surface area (Å²) in [6.07, 6.45) is -0.777. The van der Waals surface area contributed by atoms with Crippen LogP contribution in [0.4, 0.5) is 0 Å². The molecule has 0 saturated carbocycles. The van der Waals surface area contributed by atoms with Crippen molar-refractivity contribution in [3.63, 3.8) is 0 Å². The number of ether oxygens (including phenoxy) is 2. The van der Waals surface area contributed by atoms with Crippen LogP contribution in [0.1, 0.15) is 48.8 Å². The third-order valence-electron chi connectivity index (χ3n) is 8.76. The minimum Gasteiger partial charge on any atom is -0.491 e. The average molecular weight is 729 g/mol. The molecule has 1 saturated heterocycles. The summed E-state index contributed by atoms with van der Waals surface area (Å²) in [6.45, 7) is 7.65. The van der Waals surface area contributed by atoms with Crippen molar-refractivity contribution < 1.29 is 38.9 Å². The van der Waals surface area contributed by atoms with E-state index in [2.05, 4.69) is 15.6 Å². The minimum atomic E-state index is -0.979. The zero-order chi connectivity index (χ0) is 37.4. The fraction of sp³-hybridized carbons (Fsp3) is 0.359. The molecule has 3 atom stereocenters. The molecule has 3 aromatic carbocycles. The first-order valence-electron chi connectivity index (χ1n) is 17.0. The second kappa shape index (κ2) is 16.9. The largest absolute Gasteiger partial charge is 0.491 e. The Morgan fingerprint density at radius 1 is 0.942 bits per heavy atom. The van der Waals surface area contributed by atoms with Crippen LogP contribution in [0.25, 0.3) is 21.6 Å². The molecule has 52 heavy (non-hydrogen) atoms. The van der Waals surface area contributed by atoms with Crippen LogP contribution in [0.3, 0.4) is 0 Å². The SMILES string of the molecule is Cc1ncsc1-c1ccc(CNC(=O)[C@@H]2C[C@@H](O)CN2C(=O)C(NC(=O)COCCOc2ccc(-c3ccc(C(=O)O)cc3)cc2)C(C)(C)C)cc1. The summed E-state index contributed by atoms with van der Waals surface area (Å²) in [5, 5.41) is 25.3. The Balaban J connectivity index is 1.08. The maximum atomic E-state index is 13.9. The van der Waals surface area contributed by atoms with E-state index in [0.29, 0.717) is 5.75 Å². The average Bonchev–Trinajstić information content (AvgIpc) is 3.74. The monoisotopic (exact) mass is 728 g/mol. The minimum absolute atomic E-state index is 0.0198. The fourth-order valence-electron chi connectivity index (χ4n) is 5.92. The standard InChI is InChI=1S/C39H44N4O8S/c1-24-34(52-23-41-24)28-7-5-25(6-8-28)20-40-36(46)32-19-30(44)21-43(32)37(47)35(39(2,3)4)42-33(45)22-50-17-18-51-31-15-13-27(14-16-31)26-9-11-29(12-10-26)38(48)49/h5-16,23,30,32,35,44H,17-22H2,1-4H3,(H,40,46)(H,42,45)(H,48,49)/t30-,32+,35?/m1/s1. The Kier molecular flexibility index (Phi) is 12.4. The van der Waals surface area contributed by atoms with Gasteiger partial charge in [-0.1, -0.05) is 69.3 Å². The summed E-state index contributed by atoms with van der Waals surface area (Å²) in [7, 11) is 0. The molecule has 4 N–H and O–H groups in total. The van der Waals surface area contributed by atoms with E-state index >= 15 is 0 Å². The van der Waals surface area contributed by atoms with Crippen molar-refractivity contribution in [1.82, 2.24) is 20.5 Å². The number of aromatic nitrogens is 1. The van der Waals surface area contributed by atoms with Crippen molar-refractivity contribution in [3.8, 4) is 27.3 Å². The highest BCUT2D eigenvalue weighted by Gasteiger charge is 2.44. The Hall–Kier alpha value is -5.11. The molecular weight excluding hydrogens is 685 g/mol. The zero-order valence-corrected chi connectivity index (χ0v) is 30.4. The number of benzene rings is 3. The van der Waals surface area contributed by atoms with Crippen LogP contribution in [-0.4, -0.2) is 88.3 Å². The highest BCUT2D eigenvalue weighted by molar-refractivity contribution is 7.13. The number of carboxylic acids is 1. The van der Waals surface area contributed by atoms with Crippen molar-refractivity contribution in [2.24, 2.45) is 5.41 Å². The molecule has 1 aromatic heterocycles. The van der Waals surface area contributed by atoms with Gasteiger partial charge in [0.15, 0.2) is 0 Å². The van der Waals surface area contributed by atoms with E-state index in [1.807, 2.05) is 64.1 Å². The number of carbonyl (C=O) groups is 4. The van der Waals surface area contributed by atoms with E-state index in [1.165, 1.54) is 4.90 Å². The molecule has 4 aromatic rings. The summed E-state index contributed by atoms with van der Waals surface area (Å²) in [5.74, 6) is -1.70. The lowest BCUT2D eigenvalue weighted by atomic mass is 9.85. The molecule has 1 unspecified atom stereocenters. The van der Waals surface area contributed by atoms with Gasteiger partial charge in [0.2, 0.25) is 17.7 Å². The molecule has 13 heteroatoms. The van der Waals surface area contributed by atoms with Gasteiger partial charge >= 0.3 is 5.97 Å². The third kappa shape index (κ3) is 9.81. The second-order valence-corrected chi connectivity index (χ2v) is 14.6. The van der Waals surface area contributed by atoms with Gasteiger partial charge in [-0.2, -0.15) is 0 Å². The molecule has 5 rings (SSSR count). The van der Waals surface area contributed by atoms with E-state index in [4.69, 9.17) is 14.6 Å². The van der Waals surface area contributed by atoms with Crippen LogP contribution in [0.5, 0.6) is 5.75 Å². The number of aliphatic hydroxyl groups excluding tert-OH is 1. The number of rotatable bonds is 14. The van der Waals surface area contributed by atoms with E-state index < -0.39 is 41.4 Å². The number of aromatic carboxylic acids is 1. The van der Waals surface area contributed by atoms with Gasteiger partial charge in [-0.25, -0.2) is 9.78 Å². The molecule has 0 radical (unpaired) electrons. The third-order valence-corrected chi connectivity index (χ3v) is 9.74. The Bertz CT molecular complexity index is 1850. The van der Waals surface area contributed by atoms with Crippen LogP contribution in [-0.2, 0) is 25.7 Å². The van der Waals surface area contributed by atoms with Crippen molar-refractivity contribution in [2.45, 2.75) is 58.8 Å². The molecule has 1 aliphatic rings. The molecule has 0 spiro atoms. The maximum absolute atomic E-state index is 13.9. The lowest BCUT2D eigenvalue weighted by molar-refractivity contribution is -0.144. The highest BCUT2D eigenvalue weighted by Crippen LogP contribution is 2.29. The highest BCUT2D eigenvalue weighted by atomic mass is 32.1. The number of β-amino-alcohol motifs (C(OH)–C–C–N with tert-alkyl or cyclic N) is 1. The van der Waals surface area contributed by atoms with E-state index in [9.17, 15) is 24.3 Å². The molecular formula is C39H44N4O8S. The number of aliphatic hydroxyl groups is 1. The summed E-state index contributed by atoms with van der Waals surface area (Å²) in [6, 6.07) is 19.9. The number of thiazole rings is 1. The number of hydrogen-bond donors (Lipinski definition) is 4. The Morgan fingerprint density at radius 3 is 2.17 bits per heavy atom. The van der Waals surface area contributed by atoms with Gasteiger partial charge in [-0.15, -0.1) is 11.3 Å². The number of carboxylic acid groups (broad SMARTS) is 1. The normalized spacial score (nSPS) is 16.3. The fourth-order valence-corrected chi connectivity index (χ4v) is 6.73. The molecule has 12 nitrogen and oxygen atoms in total. The number of likely N-dealkylation sites (tertiary alicyclic amines) is 1. The van der Waals surface area contributed by atoms with Gasteiger partial charge in [-0.3, -0.25) is 14.4 Å². The first-order chi connectivity index (χ1) is 24.8. The lowest BCUT2D eigenvalue weighted by Crippen LogP contribution is -2.58. The van der Waals surface area contributed by atoms with E-state index in [-0.39, 0.29) is 50.8 Å². The van der Waals surface area contributed by atoms with Crippen LogP contribution in [0.15, 0.2) is 78.3 Å². The Labute approximate surface area is 306 Å². The quantitative estimate of drug-likeness (QED) is 0.135. The van der Waals surface area contributed by atoms with Gasteiger partial charge in [0, 0.05) is 19.5 Å². The zero-order valence-electron chi connectivity index (χ0n) is 29.6. The number of aryl methyl sites for hydroxylation is 1. The first-order valence-corrected chi connectivity index (χ1v) is 17.9. The summed E-state index contributed by atoms with van der Waals surface area (Å²) in [4.78, 5) is 58.0. The van der Waals surface area contributed by atoms with Crippen molar-refractivity contribution >= 4 is 35.0 Å². The molecule has 1 fully saturated rings. The predicted octanol–water partition coefficient (Wildman–Crippen LogP) is 4.69. The topological polar surface area (TPSA) is 167 Å². The number of carbonyl (C=O) groups excluding carboxylic acids is 3. The van der Waals surface area contributed by atoms with Crippen molar-refractivity contribution in [2.75, 3.05) is 26.4 Å². The second-order valence-electron chi connectivity index (χ2n) is 13.8. The number of nitrogens with one attached hydrogen (secondary N) is 2. The smallest absolute Gasteiger partial charge is 0.335 e. The van der Waals surface area contributed by atoms with Gasteiger partial charge < -0.3 is 35.2 Å². The number of nitrogens with zero attached hydrogens (tertiary/aromatic N) is 2. The summed E-state index contributed by atoms with van der Waals surface area (Å²) in [5.41, 5.74) is 6.00. The van der Waals surface area contributed by atoms with Gasteiger partial charge in [0.05, 0.1) is 34.4 Å². The molecule has 0 aliphatic carbocycles. The van der Waals surface area contributed by atoms with Crippen LogP contribution in [0.2, 0.25) is 0 Å². The maximum Gasteiger partial charge on any atom is 0.335 e. The van der Waals surface area contributed by atoms with Crippen LogP contribution < -0.4 is 15.4 Å². The van der Waals surface area contributed by atoms with Crippen LogP contribution in [0, 0.1) is 12.3 Å². The van der Waals surface area contributed by atoms with Crippen molar-refractivity contribution in [1.29, 1.82) is 0 Å². The van der Waals surface area contributed by atoms with Crippen LogP contribution >= 0.6 is 11.3 Å². The Morgan fingerprint density at radius 2 is 1.58 bits per heavy atom. The summed E-state index contributed by atoms with van der Waals surface area (Å²) >= 11 is 1.57. The molecule has 3 amide bonds. The number of amides is 3. The first kappa shape index (κ1) is 38.1. The molecule has 274 valence electrons. The van der Waals surface area contributed by atoms with E-state index in [1.54, 1.807) is 53.2 Å². The van der Waals surface area contributed by atoms with Crippen molar-refractivity contribution in [3.05, 3.63) is 95.1 Å². The summed E-state index contributed by atoms with van der Waals surface area (Å²) < 4.78 is 11.3. The molecule has 2 heterocycles. The lowest BCUT2D eigenvalue weighted by Gasteiger charge is -2.35. The van der Waals surface area contributed by atoms with Gasteiger partial charge in [-0.05, 0) is 58.9 Å². The van der Waals surface area contributed by atoms with Gasteiger partial charge in [0.1, 0.15) is 31.0 Å². The molecule has 1 aliphatic heterocycles. The van der Waals surface area contributed by atoms with E-state index in [0.717, 1.165) is 32.8 Å². The number of hydrogen-bond acceptors (Lipinski definition) is 9. The van der Waals surface area contributed by atoms with Gasteiger partial charge in [0.25, 0.3) is 0 Å².